The van der Waals surface area contributed by atoms with Crippen molar-refractivity contribution in [3.63, 3.8) is 0 Å². The molecule has 0 aliphatic heterocycles. The number of carbonyl (C=O) groups is 1. The van der Waals surface area contributed by atoms with Crippen LogP contribution in [-0.4, -0.2) is 17.2 Å². The van der Waals surface area contributed by atoms with Gasteiger partial charge in [0, 0.05) is 13.1 Å². The zero-order chi connectivity index (χ0) is 11.0. The zero-order valence-corrected chi connectivity index (χ0v) is 7.15. The first-order chi connectivity index (χ1) is 6.30. The van der Waals surface area contributed by atoms with Gasteiger partial charge in [-0.05, 0) is 6.07 Å². The summed E-state index contributed by atoms with van der Waals surface area (Å²) in [5.74, 6) is -8.55. The van der Waals surface area contributed by atoms with Crippen LogP contribution in [0.4, 0.5) is 17.6 Å². The van der Waals surface area contributed by atoms with Crippen molar-refractivity contribution in [2.45, 2.75) is 18.8 Å². The summed E-state index contributed by atoms with van der Waals surface area (Å²) in [6.45, 7) is 0.106. The number of alkyl halides is 4. The van der Waals surface area contributed by atoms with E-state index in [-0.39, 0.29) is 13.2 Å². The molecule has 1 aromatic rings. The highest BCUT2D eigenvalue weighted by atomic mass is 19.3. The summed E-state index contributed by atoms with van der Waals surface area (Å²) in [4.78, 5) is 12.4. The van der Waals surface area contributed by atoms with Crippen molar-refractivity contribution >= 4 is 6.29 Å². The normalized spacial score (nSPS) is 12.9. The molecule has 1 rings (SSSR count). The number of aromatic amines is 1. The molecule has 0 spiro atoms. The number of carbonyl (C=O) groups excluding carboxylic acids is 1. The first-order valence-corrected chi connectivity index (χ1v) is 3.69. The van der Waals surface area contributed by atoms with E-state index in [4.69, 9.17) is 0 Å². The van der Waals surface area contributed by atoms with Crippen molar-refractivity contribution in [1.82, 2.24) is 4.98 Å². The third-order valence-electron chi connectivity index (χ3n) is 1.79. The molecular formula is C8H7F4NO. The summed E-state index contributed by atoms with van der Waals surface area (Å²) < 4.78 is 51.0. The van der Waals surface area contributed by atoms with Gasteiger partial charge in [0.15, 0.2) is 6.29 Å². The molecule has 0 saturated heterocycles. The third kappa shape index (κ3) is 1.51. The maximum atomic E-state index is 13.0. The van der Waals surface area contributed by atoms with E-state index in [2.05, 4.69) is 4.98 Å². The fraction of sp³-hybridized carbons (Fsp3) is 0.375. The number of H-pyrrole nitrogens is 1. The molecule has 0 radical (unpaired) electrons. The molecule has 1 heterocycles. The Balaban J connectivity index is 3.22. The minimum atomic E-state index is -4.34. The van der Waals surface area contributed by atoms with Crippen LogP contribution in [0.5, 0.6) is 0 Å². The van der Waals surface area contributed by atoms with Crippen LogP contribution < -0.4 is 0 Å². The van der Waals surface area contributed by atoms with Crippen molar-refractivity contribution in [3.8, 4) is 0 Å². The van der Waals surface area contributed by atoms with E-state index >= 15 is 0 Å². The molecule has 1 aromatic heterocycles. The number of hydrogen-bond donors (Lipinski definition) is 1. The SMILES string of the molecule is CC(F)(F)C(F)(F)c1cc[nH]c1C=O. The van der Waals surface area contributed by atoms with Gasteiger partial charge in [-0.2, -0.15) is 17.6 Å². The van der Waals surface area contributed by atoms with E-state index in [1.54, 1.807) is 0 Å². The fourth-order valence-electron chi connectivity index (χ4n) is 0.990. The molecule has 0 amide bonds. The smallest absolute Gasteiger partial charge is 0.337 e. The fourth-order valence-corrected chi connectivity index (χ4v) is 0.990. The van der Waals surface area contributed by atoms with Crippen molar-refractivity contribution in [3.05, 3.63) is 23.5 Å². The van der Waals surface area contributed by atoms with E-state index in [9.17, 15) is 22.4 Å². The van der Waals surface area contributed by atoms with Crippen molar-refractivity contribution in [1.29, 1.82) is 0 Å². The first-order valence-electron chi connectivity index (χ1n) is 3.69. The molecule has 0 fully saturated rings. The van der Waals surface area contributed by atoms with Gasteiger partial charge in [0.25, 0.3) is 0 Å². The summed E-state index contributed by atoms with van der Waals surface area (Å²) in [6.07, 6.45) is 1.09. The molecule has 14 heavy (non-hydrogen) atoms. The highest BCUT2D eigenvalue weighted by Gasteiger charge is 2.54. The highest BCUT2D eigenvalue weighted by Crippen LogP contribution is 2.43. The van der Waals surface area contributed by atoms with Crippen LogP contribution in [-0.2, 0) is 5.92 Å². The van der Waals surface area contributed by atoms with Gasteiger partial charge in [-0.15, -0.1) is 0 Å². The minimum Gasteiger partial charge on any atom is -0.359 e. The van der Waals surface area contributed by atoms with Crippen molar-refractivity contribution in [2.24, 2.45) is 0 Å². The average molecular weight is 209 g/mol. The second-order valence-corrected chi connectivity index (χ2v) is 2.89. The Morgan fingerprint density at radius 1 is 1.36 bits per heavy atom. The lowest BCUT2D eigenvalue weighted by Gasteiger charge is -2.22. The summed E-state index contributed by atoms with van der Waals surface area (Å²) in [7, 11) is 0. The number of halogens is 4. The second kappa shape index (κ2) is 3.11. The van der Waals surface area contributed by atoms with E-state index in [1.165, 1.54) is 0 Å². The van der Waals surface area contributed by atoms with Crippen LogP contribution in [0.3, 0.4) is 0 Å². The molecule has 2 nitrogen and oxygen atoms in total. The lowest BCUT2D eigenvalue weighted by Crippen LogP contribution is -2.35. The Bertz CT molecular complexity index is 339. The summed E-state index contributed by atoms with van der Waals surface area (Å²) in [6, 6.07) is 0.765. The van der Waals surface area contributed by atoms with Crippen molar-refractivity contribution in [2.75, 3.05) is 0 Å². The third-order valence-corrected chi connectivity index (χ3v) is 1.79. The summed E-state index contributed by atoms with van der Waals surface area (Å²) in [5.41, 5.74) is -1.52. The van der Waals surface area contributed by atoms with Gasteiger partial charge in [0.05, 0.1) is 11.3 Å². The molecule has 0 aliphatic carbocycles. The molecule has 6 heteroatoms. The van der Waals surface area contributed by atoms with Crippen LogP contribution in [0.2, 0.25) is 0 Å². The van der Waals surface area contributed by atoms with Crippen LogP contribution in [0.1, 0.15) is 23.0 Å². The van der Waals surface area contributed by atoms with E-state index in [0.717, 1.165) is 12.3 Å². The Kier molecular flexibility index (Phi) is 2.39. The summed E-state index contributed by atoms with van der Waals surface area (Å²) >= 11 is 0. The minimum absolute atomic E-state index is 0.0784. The van der Waals surface area contributed by atoms with Gasteiger partial charge in [-0.1, -0.05) is 0 Å². The Morgan fingerprint density at radius 2 is 1.93 bits per heavy atom. The van der Waals surface area contributed by atoms with Gasteiger partial charge in [0.1, 0.15) is 0 Å². The molecular weight excluding hydrogens is 202 g/mol. The Morgan fingerprint density at radius 3 is 2.36 bits per heavy atom. The van der Waals surface area contributed by atoms with Gasteiger partial charge in [-0.3, -0.25) is 4.79 Å². The first kappa shape index (κ1) is 10.7. The van der Waals surface area contributed by atoms with Crippen LogP contribution in [0.15, 0.2) is 12.3 Å². The maximum absolute atomic E-state index is 13.0. The molecule has 0 aromatic carbocycles. The number of aromatic nitrogens is 1. The van der Waals surface area contributed by atoms with Gasteiger partial charge < -0.3 is 4.98 Å². The molecule has 0 unspecified atom stereocenters. The lowest BCUT2D eigenvalue weighted by molar-refractivity contribution is -0.204. The van der Waals surface area contributed by atoms with Gasteiger partial charge in [0.2, 0.25) is 0 Å². The molecule has 0 bridgehead atoms. The molecule has 78 valence electrons. The van der Waals surface area contributed by atoms with Gasteiger partial charge in [-0.25, -0.2) is 0 Å². The molecule has 0 atom stereocenters. The Hall–Kier alpha value is -1.33. The summed E-state index contributed by atoms with van der Waals surface area (Å²) in [5, 5.41) is 0. The maximum Gasteiger partial charge on any atom is 0.337 e. The Labute approximate surface area is 76.9 Å². The highest BCUT2D eigenvalue weighted by molar-refractivity contribution is 5.75. The molecule has 0 aliphatic rings. The van der Waals surface area contributed by atoms with Gasteiger partial charge >= 0.3 is 11.8 Å². The van der Waals surface area contributed by atoms with Crippen LogP contribution >= 0.6 is 0 Å². The number of rotatable bonds is 3. The van der Waals surface area contributed by atoms with E-state index < -0.39 is 23.1 Å². The van der Waals surface area contributed by atoms with E-state index in [0.29, 0.717) is 0 Å². The average Bonchev–Trinajstić information content (AvgIpc) is 2.49. The predicted octanol–water partition coefficient (Wildman–Crippen LogP) is 2.57. The standard InChI is InChI=1S/C8H7F4NO/c1-7(9,10)8(11,12)5-2-3-13-6(5)4-14/h2-4,13H,1H3. The number of nitrogens with one attached hydrogen (secondary N) is 1. The topological polar surface area (TPSA) is 32.9 Å². The molecule has 0 saturated carbocycles. The monoisotopic (exact) mass is 209 g/mol. The van der Waals surface area contributed by atoms with Crippen LogP contribution in [0, 0.1) is 0 Å². The second-order valence-electron chi connectivity index (χ2n) is 2.89. The largest absolute Gasteiger partial charge is 0.359 e. The predicted molar refractivity (Wildman–Crippen MR) is 40.7 cm³/mol. The zero-order valence-electron chi connectivity index (χ0n) is 7.15. The van der Waals surface area contributed by atoms with E-state index in [1.807, 2.05) is 0 Å². The number of hydrogen-bond acceptors (Lipinski definition) is 1. The lowest BCUT2D eigenvalue weighted by atomic mass is 10.0. The quantitative estimate of drug-likeness (QED) is 0.602. The van der Waals surface area contributed by atoms with Crippen LogP contribution in [0.25, 0.3) is 0 Å². The van der Waals surface area contributed by atoms with Crippen molar-refractivity contribution < 1.29 is 22.4 Å². The molecule has 1 N–H and O–H groups in total. The number of aldehydes is 1.